The summed E-state index contributed by atoms with van der Waals surface area (Å²) in [7, 11) is -3.60. The summed E-state index contributed by atoms with van der Waals surface area (Å²) in [5.41, 5.74) is 6.40. The van der Waals surface area contributed by atoms with Crippen molar-refractivity contribution >= 4 is 15.4 Å². The monoisotopic (exact) mass is 227 g/mol. The van der Waals surface area contributed by atoms with Gasteiger partial charge in [0, 0.05) is 11.0 Å². The van der Waals surface area contributed by atoms with Crippen molar-refractivity contribution in [3.05, 3.63) is 35.0 Å². The maximum absolute atomic E-state index is 13.4. The van der Waals surface area contributed by atoms with Crippen molar-refractivity contribution < 1.29 is 12.8 Å². The maximum atomic E-state index is 13.4. The van der Waals surface area contributed by atoms with Crippen molar-refractivity contribution in [2.24, 2.45) is 5.73 Å². The van der Waals surface area contributed by atoms with E-state index in [0.717, 1.165) is 11.5 Å². The first-order chi connectivity index (χ1) is 7.06. The van der Waals surface area contributed by atoms with Crippen LogP contribution < -0.4 is 5.73 Å². The van der Waals surface area contributed by atoms with Crippen LogP contribution in [-0.4, -0.2) is 15.0 Å². The van der Waals surface area contributed by atoms with Crippen LogP contribution in [0, 0.1) is 5.82 Å². The Morgan fingerprint density at radius 3 is 2.73 bits per heavy atom. The Labute approximate surface area is 87.3 Å². The summed E-state index contributed by atoms with van der Waals surface area (Å²) in [6.45, 7) is 0.345. The van der Waals surface area contributed by atoms with Crippen LogP contribution >= 0.6 is 0 Å². The molecule has 1 aliphatic rings. The van der Waals surface area contributed by atoms with Crippen LogP contribution in [0.4, 0.5) is 4.39 Å². The van der Waals surface area contributed by atoms with Gasteiger partial charge in [-0.1, -0.05) is 12.1 Å². The second-order valence-corrected chi connectivity index (χ2v) is 5.08. The molecule has 1 aromatic rings. The molecular weight excluding hydrogens is 217 g/mol. The fraction of sp³-hybridized carbons (Fsp3) is 0.200. The summed E-state index contributed by atoms with van der Waals surface area (Å²) in [6.07, 6.45) is 0.440. The zero-order valence-corrected chi connectivity index (χ0v) is 8.72. The van der Waals surface area contributed by atoms with Crippen LogP contribution in [0.3, 0.4) is 0 Å². The Hall–Kier alpha value is -1.20. The van der Waals surface area contributed by atoms with Gasteiger partial charge in [-0.3, -0.25) is 0 Å². The molecular formula is C10H10FNO2S. The Morgan fingerprint density at radius 1 is 1.33 bits per heavy atom. The van der Waals surface area contributed by atoms with Gasteiger partial charge >= 0.3 is 0 Å². The minimum atomic E-state index is -3.60. The van der Waals surface area contributed by atoms with E-state index in [1.54, 1.807) is 6.07 Å². The lowest BCUT2D eigenvalue weighted by atomic mass is 10.1. The molecule has 0 aromatic heterocycles. The van der Waals surface area contributed by atoms with Gasteiger partial charge in [-0.15, -0.1) is 0 Å². The summed E-state index contributed by atoms with van der Waals surface area (Å²) in [5, 5.41) is 1.10. The quantitative estimate of drug-likeness (QED) is 0.828. The van der Waals surface area contributed by atoms with E-state index < -0.39 is 15.7 Å². The average Bonchev–Trinajstić information content (AvgIpc) is 2.40. The molecule has 0 saturated heterocycles. The molecule has 3 nitrogen and oxygen atoms in total. The molecule has 2 N–H and O–H groups in total. The van der Waals surface area contributed by atoms with Crippen LogP contribution in [0.5, 0.6) is 0 Å². The van der Waals surface area contributed by atoms with Gasteiger partial charge in [-0.25, -0.2) is 12.8 Å². The first-order valence-electron chi connectivity index (χ1n) is 4.51. The Kier molecular flexibility index (Phi) is 2.36. The minimum Gasteiger partial charge on any atom is -0.330 e. The number of benzene rings is 1. The third kappa shape index (κ3) is 1.57. The van der Waals surface area contributed by atoms with Crippen LogP contribution in [0.1, 0.15) is 12.0 Å². The lowest BCUT2D eigenvalue weighted by Crippen LogP contribution is -1.99. The zero-order valence-electron chi connectivity index (χ0n) is 7.90. The van der Waals surface area contributed by atoms with Gasteiger partial charge in [0.05, 0.1) is 0 Å². The molecule has 1 aromatic carbocycles. The van der Waals surface area contributed by atoms with E-state index in [0.29, 0.717) is 24.1 Å². The number of nitrogens with two attached hydrogens (primary N) is 1. The van der Waals surface area contributed by atoms with Crippen LogP contribution in [0.25, 0.3) is 5.57 Å². The second-order valence-electron chi connectivity index (χ2n) is 3.34. The van der Waals surface area contributed by atoms with Gasteiger partial charge in [0.1, 0.15) is 10.7 Å². The number of rotatable bonds is 2. The second kappa shape index (κ2) is 3.43. The molecule has 0 aliphatic carbocycles. The summed E-state index contributed by atoms with van der Waals surface area (Å²) in [4.78, 5) is -0.214. The van der Waals surface area contributed by atoms with E-state index in [1.165, 1.54) is 6.07 Å². The van der Waals surface area contributed by atoms with E-state index in [2.05, 4.69) is 0 Å². The van der Waals surface area contributed by atoms with Gasteiger partial charge in [0.15, 0.2) is 0 Å². The highest BCUT2D eigenvalue weighted by atomic mass is 32.2. The molecule has 80 valence electrons. The van der Waals surface area contributed by atoms with E-state index in [4.69, 9.17) is 5.73 Å². The molecule has 0 unspecified atom stereocenters. The first kappa shape index (κ1) is 10.3. The topological polar surface area (TPSA) is 60.2 Å². The third-order valence-electron chi connectivity index (χ3n) is 2.31. The SMILES string of the molecule is NCCC1=CS(=O)(=O)c2c(F)cccc21. The van der Waals surface area contributed by atoms with Crippen LogP contribution in [-0.2, 0) is 9.84 Å². The normalized spacial score (nSPS) is 17.3. The molecule has 0 atom stereocenters. The molecule has 2 rings (SSSR count). The standard InChI is InChI=1S/C10H10FNO2S/c11-9-3-1-2-8-7(4-5-12)6-15(13,14)10(8)9/h1-3,6H,4-5,12H2. The van der Waals surface area contributed by atoms with Crippen molar-refractivity contribution in [2.45, 2.75) is 11.3 Å². The lowest BCUT2D eigenvalue weighted by molar-refractivity contribution is 0.573. The minimum absolute atomic E-state index is 0.214. The zero-order chi connectivity index (χ0) is 11.1. The fourth-order valence-corrected chi connectivity index (χ4v) is 3.29. The molecule has 0 radical (unpaired) electrons. The van der Waals surface area contributed by atoms with Crippen molar-refractivity contribution in [3.8, 4) is 0 Å². The largest absolute Gasteiger partial charge is 0.330 e. The smallest absolute Gasteiger partial charge is 0.203 e. The van der Waals surface area contributed by atoms with Crippen LogP contribution in [0.2, 0.25) is 0 Å². The predicted molar refractivity (Wildman–Crippen MR) is 55.2 cm³/mol. The van der Waals surface area contributed by atoms with E-state index >= 15 is 0 Å². The van der Waals surface area contributed by atoms with Gasteiger partial charge < -0.3 is 5.73 Å². The number of halogens is 1. The van der Waals surface area contributed by atoms with Gasteiger partial charge in [-0.05, 0) is 24.6 Å². The Balaban J connectivity index is 2.68. The van der Waals surface area contributed by atoms with Gasteiger partial charge in [0.25, 0.3) is 0 Å². The van der Waals surface area contributed by atoms with Crippen molar-refractivity contribution in [2.75, 3.05) is 6.54 Å². The number of sulfone groups is 1. The Morgan fingerprint density at radius 2 is 2.07 bits per heavy atom. The average molecular weight is 227 g/mol. The highest BCUT2D eigenvalue weighted by Crippen LogP contribution is 2.36. The molecule has 15 heavy (non-hydrogen) atoms. The molecule has 0 saturated carbocycles. The molecule has 0 bridgehead atoms. The van der Waals surface area contributed by atoms with E-state index in [-0.39, 0.29) is 4.90 Å². The van der Waals surface area contributed by atoms with Crippen molar-refractivity contribution in [3.63, 3.8) is 0 Å². The third-order valence-corrected chi connectivity index (χ3v) is 3.89. The van der Waals surface area contributed by atoms with Crippen LogP contribution in [0.15, 0.2) is 28.5 Å². The van der Waals surface area contributed by atoms with E-state index in [1.807, 2.05) is 0 Å². The highest BCUT2D eigenvalue weighted by Gasteiger charge is 2.29. The number of hydrogen-bond donors (Lipinski definition) is 1. The molecule has 0 amide bonds. The number of fused-ring (bicyclic) bond motifs is 1. The molecule has 0 spiro atoms. The highest BCUT2D eigenvalue weighted by molar-refractivity contribution is 7.95. The summed E-state index contributed by atoms with van der Waals surface area (Å²) in [5.74, 6) is -0.698. The number of hydrogen-bond acceptors (Lipinski definition) is 3. The Bertz CT molecular complexity index is 534. The maximum Gasteiger partial charge on any atom is 0.203 e. The first-order valence-corrected chi connectivity index (χ1v) is 6.05. The summed E-state index contributed by atoms with van der Waals surface area (Å²) in [6, 6.07) is 4.25. The molecule has 1 aliphatic heterocycles. The predicted octanol–water partition coefficient (Wildman–Crippen LogP) is 1.30. The van der Waals surface area contributed by atoms with E-state index in [9.17, 15) is 12.8 Å². The lowest BCUT2D eigenvalue weighted by Gasteiger charge is -2.02. The molecule has 5 heteroatoms. The van der Waals surface area contributed by atoms with Gasteiger partial charge in [0.2, 0.25) is 9.84 Å². The summed E-state index contributed by atoms with van der Waals surface area (Å²) >= 11 is 0. The van der Waals surface area contributed by atoms with Crippen molar-refractivity contribution in [1.29, 1.82) is 0 Å². The fourth-order valence-electron chi connectivity index (χ4n) is 1.71. The molecule has 0 fully saturated rings. The molecule has 1 heterocycles. The van der Waals surface area contributed by atoms with Gasteiger partial charge in [-0.2, -0.15) is 0 Å². The summed E-state index contributed by atoms with van der Waals surface area (Å²) < 4.78 is 36.6. The van der Waals surface area contributed by atoms with Crippen molar-refractivity contribution in [1.82, 2.24) is 0 Å².